The molecule has 0 spiro atoms. The molecule has 0 amide bonds. The van der Waals surface area contributed by atoms with Crippen molar-refractivity contribution in [1.82, 2.24) is 9.97 Å². The third kappa shape index (κ3) is 2.07. The number of halogens is 1. The van der Waals surface area contributed by atoms with Crippen LogP contribution in [0.1, 0.15) is 6.92 Å². The average Bonchev–Trinajstić information content (AvgIpc) is 2.09. The minimum absolute atomic E-state index is 0.644. The lowest BCUT2D eigenvalue weighted by Crippen LogP contribution is -2.04. The fraction of sp³-hybridized carbons (Fsp3) is 0.429. The first-order valence-corrected chi connectivity index (χ1v) is 4.51. The van der Waals surface area contributed by atoms with Crippen molar-refractivity contribution in [3.05, 3.63) is 10.7 Å². The van der Waals surface area contributed by atoms with Crippen LogP contribution >= 0.6 is 15.9 Å². The molecule has 0 aromatic carbocycles. The number of nitrogens with zero attached hydrogens (tertiary/aromatic N) is 2. The Hall–Kier alpha value is -0.840. The van der Waals surface area contributed by atoms with E-state index >= 15 is 0 Å². The van der Waals surface area contributed by atoms with Gasteiger partial charge >= 0.3 is 0 Å². The molecule has 0 saturated carbocycles. The van der Waals surface area contributed by atoms with Gasteiger partial charge in [-0.25, -0.2) is 4.98 Å². The maximum atomic E-state index is 4.20. The van der Waals surface area contributed by atoms with E-state index in [0.717, 1.165) is 16.8 Å². The molecule has 1 aromatic rings. The molecule has 12 heavy (non-hydrogen) atoms. The van der Waals surface area contributed by atoms with Crippen molar-refractivity contribution < 1.29 is 0 Å². The first kappa shape index (κ1) is 9.25. The zero-order chi connectivity index (χ0) is 8.97. The average molecular weight is 231 g/mol. The molecule has 0 bridgehead atoms. The molecule has 0 saturated heterocycles. The molecule has 4 nitrogen and oxygen atoms in total. The van der Waals surface area contributed by atoms with Crippen molar-refractivity contribution in [3.8, 4) is 0 Å². The molecule has 0 radical (unpaired) electrons. The second kappa shape index (κ2) is 4.25. The van der Waals surface area contributed by atoms with Crippen LogP contribution in [0, 0.1) is 0 Å². The highest BCUT2D eigenvalue weighted by Crippen LogP contribution is 2.18. The van der Waals surface area contributed by atoms with E-state index in [1.165, 1.54) is 0 Å². The predicted molar refractivity (Wildman–Crippen MR) is 53.4 cm³/mol. The van der Waals surface area contributed by atoms with Crippen molar-refractivity contribution in [2.75, 3.05) is 24.2 Å². The molecule has 0 atom stereocenters. The monoisotopic (exact) mass is 230 g/mol. The highest BCUT2D eigenvalue weighted by Gasteiger charge is 2.00. The molecule has 5 heteroatoms. The zero-order valence-electron chi connectivity index (χ0n) is 7.06. The lowest BCUT2D eigenvalue weighted by molar-refractivity contribution is 1.08. The van der Waals surface area contributed by atoms with E-state index in [0.29, 0.717) is 5.95 Å². The first-order chi connectivity index (χ1) is 5.77. The summed E-state index contributed by atoms with van der Waals surface area (Å²) in [6, 6.07) is 0. The lowest BCUT2D eigenvalue weighted by Gasteiger charge is -2.05. The van der Waals surface area contributed by atoms with Crippen molar-refractivity contribution in [1.29, 1.82) is 0 Å². The fourth-order valence-corrected chi connectivity index (χ4v) is 1.18. The minimum atomic E-state index is 0.644. The van der Waals surface area contributed by atoms with Gasteiger partial charge in [0.1, 0.15) is 5.82 Å². The minimum Gasteiger partial charge on any atom is -0.372 e. The number of rotatable bonds is 3. The quantitative estimate of drug-likeness (QED) is 0.831. The van der Waals surface area contributed by atoms with Gasteiger partial charge in [-0.3, -0.25) is 0 Å². The standard InChI is InChI=1S/C7H11BrN4/c1-3-10-7-11-4-5(8)6(9-2)12-7/h4H,3H2,1-2H3,(H2,9,10,11,12). The largest absolute Gasteiger partial charge is 0.372 e. The zero-order valence-corrected chi connectivity index (χ0v) is 8.64. The van der Waals surface area contributed by atoms with E-state index in [1.807, 2.05) is 14.0 Å². The van der Waals surface area contributed by atoms with Gasteiger partial charge in [0.15, 0.2) is 0 Å². The van der Waals surface area contributed by atoms with Gasteiger partial charge in [-0.15, -0.1) is 0 Å². The topological polar surface area (TPSA) is 49.8 Å². The van der Waals surface area contributed by atoms with Crippen molar-refractivity contribution in [2.24, 2.45) is 0 Å². The van der Waals surface area contributed by atoms with E-state index in [-0.39, 0.29) is 0 Å². The third-order valence-electron chi connectivity index (χ3n) is 1.32. The highest BCUT2D eigenvalue weighted by atomic mass is 79.9. The lowest BCUT2D eigenvalue weighted by atomic mass is 10.6. The van der Waals surface area contributed by atoms with Gasteiger partial charge in [-0.05, 0) is 22.9 Å². The smallest absolute Gasteiger partial charge is 0.224 e. The number of hydrogen-bond acceptors (Lipinski definition) is 4. The van der Waals surface area contributed by atoms with Gasteiger partial charge in [-0.2, -0.15) is 4.98 Å². The summed E-state index contributed by atoms with van der Waals surface area (Å²) in [6.07, 6.45) is 1.72. The van der Waals surface area contributed by atoms with Gasteiger partial charge < -0.3 is 10.6 Å². The SMILES string of the molecule is CCNc1ncc(Br)c(NC)n1. The van der Waals surface area contributed by atoms with Crippen LogP contribution < -0.4 is 10.6 Å². The Morgan fingerprint density at radius 3 is 2.92 bits per heavy atom. The fourth-order valence-electron chi connectivity index (χ4n) is 0.786. The number of anilines is 2. The van der Waals surface area contributed by atoms with Gasteiger partial charge in [0.2, 0.25) is 5.95 Å². The normalized spacial score (nSPS) is 9.58. The molecular formula is C7H11BrN4. The molecule has 0 aliphatic carbocycles. The Morgan fingerprint density at radius 2 is 2.33 bits per heavy atom. The van der Waals surface area contributed by atoms with Crippen LogP contribution in [0.15, 0.2) is 10.7 Å². The summed E-state index contributed by atoms with van der Waals surface area (Å²) in [5.74, 6) is 1.44. The number of aromatic nitrogens is 2. The Bertz CT molecular complexity index is 264. The number of nitrogens with one attached hydrogen (secondary N) is 2. The van der Waals surface area contributed by atoms with E-state index in [9.17, 15) is 0 Å². The van der Waals surface area contributed by atoms with Crippen LogP contribution in [0.25, 0.3) is 0 Å². The number of hydrogen-bond donors (Lipinski definition) is 2. The van der Waals surface area contributed by atoms with Crippen LogP contribution in [0.2, 0.25) is 0 Å². The highest BCUT2D eigenvalue weighted by molar-refractivity contribution is 9.10. The Morgan fingerprint density at radius 1 is 1.58 bits per heavy atom. The summed E-state index contributed by atoms with van der Waals surface area (Å²) in [5.41, 5.74) is 0. The summed E-state index contributed by atoms with van der Waals surface area (Å²) in [7, 11) is 1.82. The Balaban J connectivity index is 2.89. The van der Waals surface area contributed by atoms with Crippen molar-refractivity contribution in [3.63, 3.8) is 0 Å². The first-order valence-electron chi connectivity index (χ1n) is 3.72. The second-order valence-corrected chi connectivity index (χ2v) is 3.02. The van der Waals surface area contributed by atoms with E-state index in [2.05, 4.69) is 36.5 Å². The maximum Gasteiger partial charge on any atom is 0.224 e. The summed E-state index contributed by atoms with van der Waals surface area (Å²) in [6.45, 7) is 2.83. The van der Waals surface area contributed by atoms with Crippen LogP contribution in [0.3, 0.4) is 0 Å². The Labute approximate surface area is 79.9 Å². The molecule has 1 rings (SSSR count). The molecule has 1 aromatic heterocycles. The van der Waals surface area contributed by atoms with Gasteiger partial charge in [0.05, 0.1) is 4.47 Å². The summed E-state index contributed by atoms with van der Waals surface area (Å²) >= 11 is 3.33. The van der Waals surface area contributed by atoms with E-state index in [4.69, 9.17) is 0 Å². The predicted octanol–water partition coefficient (Wildman–Crippen LogP) is 1.71. The van der Waals surface area contributed by atoms with Crippen LogP contribution in [-0.4, -0.2) is 23.6 Å². The molecule has 0 fully saturated rings. The maximum absolute atomic E-state index is 4.20. The van der Waals surface area contributed by atoms with Gasteiger partial charge in [0, 0.05) is 19.8 Å². The van der Waals surface area contributed by atoms with Crippen LogP contribution in [0.4, 0.5) is 11.8 Å². The molecule has 66 valence electrons. The molecule has 1 heterocycles. The van der Waals surface area contributed by atoms with Crippen LogP contribution in [-0.2, 0) is 0 Å². The van der Waals surface area contributed by atoms with Gasteiger partial charge in [0.25, 0.3) is 0 Å². The van der Waals surface area contributed by atoms with Crippen molar-refractivity contribution in [2.45, 2.75) is 6.92 Å². The van der Waals surface area contributed by atoms with Crippen LogP contribution in [0.5, 0.6) is 0 Å². The molecular weight excluding hydrogens is 220 g/mol. The third-order valence-corrected chi connectivity index (χ3v) is 1.90. The summed E-state index contributed by atoms with van der Waals surface area (Å²) in [4.78, 5) is 8.27. The van der Waals surface area contributed by atoms with E-state index in [1.54, 1.807) is 6.20 Å². The molecule has 0 unspecified atom stereocenters. The summed E-state index contributed by atoms with van der Waals surface area (Å²) < 4.78 is 0.867. The molecule has 2 N–H and O–H groups in total. The van der Waals surface area contributed by atoms with E-state index < -0.39 is 0 Å². The summed E-state index contributed by atoms with van der Waals surface area (Å²) in [5, 5.41) is 5.98. The van der Waals surface area contributed by atoms with Crippen molar-refractivity contribution >= 4 is 27.7 Å². The molecule has 0 aliphatic heterocycles. The Kier molecular flexibility index (Phi) is 3.28. The molecule has 0 aliphatic rings. The second-order valence-electron chi connectivity index (χ2n) is 2.17. The van der Waals surface area contributed by atoms with Gasteiger partial charge in [-0.1, -0.05) is 0 Å².